The fraction of sp³-hybridized carbons (Fsp3) is 0.286. The van der Waals surface area contributed by atoms with Crippen molar-refractivity contribution < 1.29 is 4.79 Å². The number of fused-ring (bicyclic) bond motifs is 1. The van der Waals surface area contributed by atoms with Crippen molar-refractivity contribution in [2.75, 3.05) is 5.32 Å². The molecular weight excluding hydrogens is 306 g/mol. The third-order valence-corrected chi connectivity index (χ3v) is 4.11. The molecule has 2 aromatic rings. The van der Waals surface area contributed by atoms with E-state index in [2.05, 4.69) is 26.3 Å². The number of hydrogen-bond donors (Lipinski definition) is 1. The molecule has 0 saturated carbocycles. The summed E-state index contributed by atoms with van der Waals surface area (Å²) in [4.78, 5) is 12.2. The second kappa shape index (κ2) is 5.17. The highest BCUT2D eigenvalue weighted by atomic mass is 79.9. The average molecular weight is 320 g/mol. The van der Waals surface area contributed by atoms with E-state index in [1.807, 2.05) is 35.0 Å². The molecule has 2 heterocycles. The van der Waals surface area contributed by atoms with Gasteiger partial charge in [-0.15, -0.1) is 0 Å². The van der Waals surface area contributed by atoms with Gasteiger partial charge in [-0.1, -0.05) is 18.2 Å². The van der Waals surface area contributed by atoms with Gasteiger partial charge in [-0.05, 0) is 47.3 Å². The molecule has 19 heavy (non-hydrogen) atoms. The molecule has 1 aliphatic rings. The Balaban J connectivity index is 1.86. The van der Waals surface area contributed by atoms with Crippen LogP contribution in [-0.2, 0) is 13.0 Å². The molecule has 0 radical (unpaired) electrons. The van der Waals surface area contributed by atoms with Crippen LogP contribution in [0.15, 0.2) is 34.8 Å². The number of aryl methyl sites for hydroxylation is 1. The molecule has 1 aliphatic heterocycles. The van der Waals surface area contributed by atoms with Gasteiger partial charge < -0.3 is 5.32 Å². The summed E-state index contributed by atoms with van der Waals surface area (Å²) < 4.78 is 2.77. The van der Waals surface area contributed by atoms with Crippen LogP contribution >= 0.6 is 15.9 Å². The Kier molecular flexibility index (Phi) is 3.38. The summed E-state index contributed by atoms with van der Waals surface area (Å²) in [5.74, 6) is -0.167. The van der Waals surface area contributed by atoms with Crippen molar-refractivity contribution in [2.24, 2.45) is 0 Å². The molecule has 0 saturated heterocycles. The van der Waals surface area contributed by atoms with Crippen molar-refractivity contribution in [3.63, 3.8) is 0 Å². The predicted molar refractivity (Wildman–Crippen MR) is 77.3 cm³/mol. The monoisotopic (exact) mass is 319 g/mol. The normalized spacial score (nSPS) is 13.9. The minimum absolute atomic E-state index is 0.167. The van der Waals surface area contributed by atoms with Gasteiger partial charge >= 0.3 is 0 Å². The Morgan fingerprint density at radius 1 is 1.26 bits per heavy atom. The van der Waals surface area contributed by atoms with Crippen molar-refractivity contribution in [2.45, 2.75) is 25.8 Å². The number of benzene rings is 1. The van der Waals surface area contributed by atoms with Gasteiger partial charge in [0.2, 0.25) is 0 Å². The molecule has 3 rings (SSSR count). The molecule has 1 amide bonds. The molecule has 1 N–H and O–H groups in total. The third-order valence-electron chi connectivity index (χ3n) is 3.27. The van der Waals surface area contributed by atoms with Crippen LogP contribution in [0, 0.1) is 0 Å². The highest BCUT2D eigenvalue weighted by molar-refractivity contribution is 9.10. The zero-order chi connectivity index (χ0) is 13.2. The third kappa shape index (κ3) is 2.42. The number of rotatable bonds is 2. The van der Waals surface area contributed by atoms with E-state index in [9.17, 15) is 4.79 Å². The van der Waals surface area contributed by atoms with Crippen molar-refractivity contribution in [3.8, 4) is 0 Å². The first-order valence-electron chi connectivity index (χ1n) is 6.37. The van der Waals surface area contributed by atoms with Crippen molar-refractivity contribution in [3.05, 3.63) is 46.2 Å². The quantitative estimate of drug-likeness (QED) is 0.923. The van der Waals surface area contributed by atoms with Crippen LogP contribution in [0.3, 0.4) is 0 Å². The first-order valence-corrected chi connectivity index (χ1v) is 7.16. The van der Waals surface area contributed by atoms with Gasteiger partial charge in [-0.3, -0.25) is 9.48 Å². The van der Waals surface area contributed by atoms with Crippen molar-refractivity contribution >= 4 is 27.5 Å². The SMILES string of the molecule is O=C(Nc1ccccc1)c1nn2c(c1Br)CCCC2. The summed E-state index contributed by atoms with van der Waals surface area (Å²) >= 11 is 3.51. The van der Waals surface area contributed by atoms with E-state index >= 15 is 0 Å². The number of nitrogens with one attached hydrogen (secondary N) is 1. The maximum atomic E-state index is 12.2. The fourth-order valence-electron chi connectivity index (χ4n) is 2.31. The molecule has 0 aliphatic carbocycles. The number of hydrogen-bond acceptors (Lipinski definition) is 2. The molecule has 5 heteroatoms. The van der Waals surface area contributed by atoms with Gasteiger partial charge in [0.25, 0.3) is 5.91 Å². The van der Waals surface area contributed by atoms with Crippen LogP contribution in [0.2, 0.25) is 0 Å². The number of aromatic nitrogens is 2. The van der Waals surface area contributed by atoms with E-state index in [0.717, 1.165) is 41.7 Å². The fourth-order valence-corrected chi connectivity index (χ4v) is 2.97. The average Bonchev–Trinajstić information content (AvgIpc) is 2.78. The highest BCUT2D eigenvalue weighted by Gasteiger charge is 2.22. The highest BCUT2D eigenvalue weighted by Crippen LogP contribution is 2.27. The number of carbonyl (C=O) groups is 1. The number of carbonyl (C=O) groups excluding carboxylic acids is 1. The molecule has 0 spiro atoms. The topological polar surface area (TPSA) is 46.9 Å². The zero-order valence-corrected chi connectivity index (χ0v) is 12.0. The summed E-state index contributed by atoms with van der Waals surface area (Å²) in [5, 5.41) is 7.27. The van der Waals surface area contributed by atoms with E-state index in [4.69, 9.17) is 0 Å². The number of anilines is 1. The Labute approximate surface area is 119 Å². The van der Waals surface area contributed by atoms with Gasteiger partial charge in [-0.25, -0.2) is 0 Å². The Bertz CT molecular complexity index is 607. The van der Waals surface area contributed by atoms with Crippen LogP contribution in [0.25, 0.3) is 0 Å². The lowest BCUT2D eigenvalue weighted by Gasteiger charge is -2.12. The minimum atomic E-state index is -0.167. The maximum absolute atomic E-state index is 12.2. The van der Waals surface area contributed by atoms with E-state index in [1.165, 1.54) is 0 Å². The van der Waals surface area contributed by atoms with Gasteiger partial charge in [0.05, 0.1) is 10.2 Å². The maximum Gasteiger partial charge on any atom is 0.277 e. The summed E-state index contributed by atoms with van der Waals surface area (Å²) in [6.07, 6.45) is 3.26. The second-order valence-electron chi connectivity index (χ2n) is 4.61. The number of nitrogens with zero attached hydrogens (tertiary/aromatic N) is 2. The number of halogens is 1. The van der Waals surface area contributed by atoms with Crippen LogP contribution < -0.4 is 5.32 Å². The smallest absolute Gasteiger partial charge is 0.277 e. The lowest BCUT2D eigenvalue weighted by atomic mass is 10.1. The predicted octanol–water partition coefficient (Wildman–Crippen LogP) is 3.23. The van der Waals surface area contributed by atoms with Gasteiger partial charge in [0.15, 0.2) is 5.69 Å². The minimum Gasteiger partial charge on any atom is -0.321 e. The Morgan fingerprint density at radius 3 is 2.79 bits per heavy atom. The van der Waals surface area contributed by atoms with E-state index in [-0.39, 0.29) is 5.91 Å². The molecule has 0 fully saturated rings. The Hall–Kier alpha value is -1.62. The molecule has 1 aromatic heterocycles. The van der Waals surface area contributed by atoms with Crippen LogP contribution in [0.1, 0.15) is 29.0 Å². The van der Waals surface area contributed by atoms with E-state index in [0.29, 0.717) is 5.69 Å². The molecular formula is C14H14BrN3O. The molecule has 0 bridgehead atoms. The molecule has 98 valence electrons. The van der Waals surface area contributed by atoms with Gasteiger partial charge in [0, 0.05) is 12.2 Å². The van der Waals surface area contributed by atoms with Crippen molar-refractivity contribution in [1.29, 1.82) is 0 Å². The summed E-state index contributed by atoms with van der Waals surface area (Å²) in [6, 6.07) is 9.43. The Morgan fingerprint density at radius 2 is 2.05 bits per heavy atom. The van der Waals surface area contributed by atoms with Crippen LogP contribution in [0.5, 0.6) is 0 Å². The molecule has 1 aromatic carbocycles. The van der Waals surface area contributed by atoms with Gasteiger partial charge in [-0.2, -0.15) is 5.10 Å². The zero-order valence-electron chi connectivity index (χ0n) is 10.4. The summed E-state index contributed by atoms with van der Waals surface area (Å²) in [7, 11) is 0. The van der Waals surface area contributed by atoms with E-state index in [1.54, 1.807) is 0 Å². The molecule has 4 nitrogen and oxygen atoms in total. The lowest BCUT2D eigenvalue weighted by molar-refractivity contribution is 0.102. The number of para-hydroxylation sites is 1. The largest absolute Gasteiger partial charge is 0.321 e. The summed E-state index contributed by atoms with van der Waals surface area (Å²) in [5.41, 5.74) is 2.38. The first kappa shape index (κ1) is 12.4. The van der Waals surface area contributed by atoms with Gasteiger partial charge in [0.1, 0.15) is 0 Å². The van der Waals surface area contributed by atoms with Crippen molar-refractivity contribution in [1.82, 2.24) is 9.78 Å². The summed E-state index contributed by atoms with van der Waals surface area (Å²) in [6.45, 7) is 0.895. The molecule has 0 unspecified atom stereocenters. The van der Waals surface area contributed by atoms with Crippen LogP contribution in [0.4, 0.5) is 5.69 Å². The molecule has 0 atom stereocenters. The van der Waals surface area contributed by atoms with E-state index < -0.39 is 0 Å². The first-order chi connectivity index (χ1) is 9.25. The second-order valence-corrected chi connectivity index (χ2v) is 5.40. The van der Waals surface area contributed by atoms with Crippen LogP contribution in [-0.4, -0.2) is 15.7 Å². The standard InChI is InChI=1S/C14H14BrN3O/c15-12-11-8-4-5-9-18(11)17-13(12)14(19)16-10-6-2-1-3-7-10/h1-3,6-7H,4-5,8-9H2,(H,16,19). The lowest BCUT2D eigenvalue weighted by Crippen LogP contribution is -2.14. The number of amides is 1.